The second-order valence-electron chi connectivity index (χ2n) is 16.9. The summed E-state index contributed by atoms with van der Waals surface area (Å²) in [6.45, 7) is 3.38. The molecule has 2 fully saturated rings. The van der Waals surface area contributed by atoms with E-state index in [-0.39, 0.29) is 55.6 Å². The van der Waals surface area contributed by atoms with Gasteiger partial charge in [-0.05, 0) is 75.8 Å². The van der Waals surface area contributed by atoms with Gasteiger partial charge < -0.3 is 54.0 Å². The van der Waals surface area contributed by atoms with Crippen molar-refractivity contribution in [3.05, 3.63) is 35.9 Å². The molecular weight excluding hydrogens is 863 g/mol. The lowest BCUT2D eigenvalue weighted by Gasteiger charge is -2.25. The van der Waals surface area contributed by atoms with Gasteiger partial charge in [0.25, 0.3) is 0 Å². The molecule has 2 heterocycles. The minimum absolute atomic E-state index is 0.0168. The monoisotopic (exact) mass is 931 g/mol. The number of amides is 10. The summed E-state index contributed by atoms with van der Waals surface area (Å²) in [6.07, 6.45) is 5.34. The van der Waals surface area contributed by atoms with Crippen LogP contribution in [0.3, 0.4) is 0 Å². The van der Waals surface area contributed by atoms with Crippen molar-refractivity contribution in [2.45, 2.75) is 133 Å². The van der Waals surface area contributed by atoms with Gasteiger partial charge in [0, 0.05) is 42.7 Å². The van der Waals surface area contributed by atoms with E-state index in [4.69, 9.17) is 16.7 Å². The number of fused-ring (bicyclic) bond motifs is 1. The van der Waals surface area contributed by atoms with E-state index < -0.39 is 78.5 Å². The molecule has 2 aliphatic rings. The standard InChI is InChI=1S/C43H69N11O10S/c1-26(2)20-28(22-35(56)54-64)40(60)50-30(15-8-10-18-44)42(62)51-31(21-27-12-4-3-5-13-27)41(61)48-23-36(57)47-24-37(58)49-29(39(45)59)14-9-11-19-46-34(55)17-7-6-16-33-38-32(25-65-33)52-43(63)53-38/h3-5,12-13,26,28-33,38,64H,6-11,14-25,44H2,1-2H3,(H2,45,59)(H,46,55)(H,47,57)(H,48,61)(H,49,58)(H,50,60)(H,51,62)(H,54,56)(H2,52,53,63)/t28?,29-,30-,31-,32-,33-,38-/m0/s1. The van der Waals surface area contributed by atoms with Crippen LogP contribution in [0.2, 0.25) is 0 Å². The van der Waals surface area contributed by atoms with Crippen LogP contribution in [0.25, 0.3) is 0 Å². The Kier molecular flexibility index (Phi) is 24.1. The maximum absolute atomic E-state index is 13.7. The molecule has 2 aliphatic heterocycles. The molecular formula is C43H69N11O10S. The predicted octanol–water partition coefficient (Wildman–Crippen LogP) is -0.900. The van der Waals surface area contributed by atoms with Crippen LogP contribution in [0.4, 0.5) is 4.79 Å². The lowest BCUT2D eigenvalue weighted by atomic mass is 9.92. The van der Waals surface area contributed by atoms with Crippen molar-refractivity contribution < 1.29 is 48.4 Å². The zero-order chi connectivity index (χ0) is 47.7. The Bertz CT molecular complexity index is 1760. The first kappa shape index (κ1) is 53.9. The van der Waals surface area contributed by atoms with Gasteiger partial charge in [-0.1, -0.05) is 50.6 Å². The van der Waals surface area contributed by atoms with Crippen LogP contribution in [0.1, 0.15) is 96.5 Å². The number of hydrogen-bond donors (Lipinski definition) is 12. The Hall–Kier alpha value is -5.48. The van der Waals surface area contributed by atoms with Gasteiger partial charge in [0.1, 0.15) is 18.1 Å². The minimum Gasteiger partial charge on any atom is -0.368 e. The van der Waals surface area contributed by atoms with Gasteiger partial charge in [-0.25, -0.2) is 10.3 Å². The molecule has 21 nitrogen and oxygen atoms in total. The van der Waals surface area contributed by atoms with E-state index in [1.807, 2.05) is 25.6 Å². The first-order chi connectivity index (χ1) is 31.1. The second kappa shape index (κ2) is 29.1. The molecule has 2 saturated heterocycles. The Morgan fingerprint density at radius 3 is 2.14 bits per heavy atom. The van der Waals surface area contributed by atoms with E-state index in [1.165, 1.54) is 5.48 Å². The number of carbonyl (C=O) groups is 9. The van der Waals surface area contributed by atoms with Crippen LogP contribution in [0.5, 0.6) is 0 Å². The average molecular weight is 932 g/mol. The highest BCUT2D eigenvalue weighted by atomic mass is 32.2. The SMILES string of the molecule is CC(C)CC(CC(=O)NO)C(=O)N[C@@H](CCCCN)C(=O)N[C@@H](Cc1ccccc1)C(=O)NCC(=O)NCC(=O)N[C@@H](CCCCNC(=O)CCCC[C@@H]1SC[C@@H]2NC(=O)N[C@@H]21)C(N)=O. The quantitative estimate of drug-likeness (QED) is 0.0187. The van der Waals surface area contributed by atoms with E-state index in [2.05, 4.69) is 42.5 Å². The molecule has 0 spiro atoms. The summed E-state index contributed by atoms with van der Waals surface area (Å²) < 4.78 is 0. The van der Waals surface area contributed by atoms with Crippen molar-refractivity contribution in [3.8, 4) is 0 Å². The summed E-state index contributed by atoms with van der Waals surface area (Å²) >= 11 is 1.84. The van der Waals surface area contributed by atoms with E-state index in [9.17, 15) is 43.2 Å². The lowest BCUT2D eigenvalue weighted by molar-refractivity contribution is -0.137. The first-order valence-corrected chi connectivity index (χ1v) is 23.5. The summed E-state index contributed by atoms with van der Waals surface area (Å²) in [6, 6.07) is 5.68. The number of primary amides is 1. The molecule has 0 radical (unpaired) electrons. The highest BCUT2D eigenvalue weighted by molar-refractivity contribution is 8.00. The van der Waals surface area contributed by atoms with Gasteiger partial charge in [0.05, 0.1) is 25.2 Å². The number of hydroxylamine groups is 1. The molecule has 3 rings (SSSR count). The number of carbonyl (C=O) groups excluding carboxylic acids is 9. The Morgan fingerprint density at radius 2 is 1.45 bits per heavy atom. The maximum Gasteiger partial charge on any atom is 0.315 e. The summed E-state index contributed by atoms with van der Waals surface area (Å²) in [5, 5.41) is 30.9. The molecule has 10 amide bonds. The molecule has 0 aromatic heterocycles. The number of nitrogens with one attached hydrogen (secondary N) is 9. The van der Waals surface area contributed by atoms with Gasteiger partial charge in [-0.2, -0.15) is 11.8 Å². The first-order valence-electron chi connectivity index (χ1n) is 22.5. The van der Waals surface area contributed by atoms with Crippen LogP contribution < -0.4 is 59.5 Å². The van der Waals surface area contributed by atoms with Crippen molar-refractivity contribution in [2.24, 2.45) is 23.3 Å². The van der Waals surface area contributed by atoms with Crippen molar-refractivity contribution in [1.82, 2.24) is 48.0 Å². The fourth-order valence-corrected chi connectivity index (χ4v) is 9.17. The lowest BCUT2D eigenvalue weighted by Crippen LogP contribution is -2.56. The van der Waals surface area contributed by atoms with Gasteiger partial charge in [0.2, 0.25) is 47.3 Å². The van der Waals surface area contributed by atoms with Crippen LogP contribution in [-0.2, 0) is 44.8 Å². The Morgan fingerprint density at radius 1 is 0.754 bits per heavy atom. The number of benzene rings is 1. The second-order valence-corrected chi connectivity index (χ2v) is 18.2. The normalized spacial score (nSPS) is 18.1. The summed E-state index contributed by atoms with van der Waals surface area (Å²) in [7, 11) is 0. The fourth-order valence-electron chi connectivity index (χ4n) is 7.63. The number of thioether (sulfide) groups is 1. The Balaban J connectivity index is 1.44. The third-order valence-corrected chi connectivity index (χ3v) is 12.6. The highest BCUT2D eigenvalue weighted by Crippen LogP contribution is 2.33. The van der Waals surface area contributed by atoms with E-state index in [0.29, 0.717) is 62.4 Å². The zero-order valence-electron chi connectivity index (χ0n) is 37.4. The number of hydrogen-bond acceptors (Lipinski definition) is 12. The van der Waals surface area contributed by atoms with Gasteiger partial charge in [-0.15, -0.1) is 0 Å². The van der Waals surface area contributed by atoms with E-state index in [1.54, 1.807) is 30.3 Å². The van der Waals surface area contributed by atoms with Crippen LogP contribution >= 0.6 is 11.8 Å². The topological polar surface area (TPSA) is 334 Å². The third kappa shape index (κ3) is 20.5. The molecule has 14 N–H and O–H groups in total. The van der Waals surface area contributed by atoms with Crippen molar-refractivity contribution in [1.29, 1.82) is 0 Å². The van der Waals surface area contributed by atoms with Gasteiger partial charge in [-0.3, -0.25) is 43.6 Å². The van der Waals surface area contributed by atoms with E-state index >= 15 is 0 Å². The zero-order valence-corrected chi connectivity index (χ0v) is 38.2. The summed E-state index contributed by atoms with van der Waals surface area (Å²) in [5.74, 6) is -4.92. The molecule has 0 aliphatic carbocycles. The van der Waals surface area contributed by atoms with Gasteiger partial charge in [0.15, 0.2) is 0 Å². The molecule has 7 atom stereocenters. The summed E-state index contributed by atoms with van der Waals surface area (Å²) in [5.41, 5.74) is 13.4. The molecule has 0 saturated carbocycles. The van der Waals surface area contributed by atoms with E-state index in [0.717, 1.165) is 25.0 Å². The summed E-state index contributed by atoms with van der Waals surface area (Å²) in [4.78, 5) is 114. The molecule has 362 valence electrons. The predicted molar refractivity (Wildman–Crippen MR) is 242 cm³/mol. The molecule has 1 aromatic carbocycles. The Labute approximate surface area is 384 Å². The molecule has 1 unspecified atom stereocenters. The van der Waals surface area contributed by atoms with Gasteiger partial charge >= 0.3 is 6.03 Å². The maximum atomic E-state index is 13.7. The minimum atomic E-state index is -1.19. The van der Waals surface area contributed by atoms with Crippen LogP contribution in [0.15, 0.2) is 30.3 Å². The number of urea groups is 1. The largest absolute Gasteiger partial charge is 0.368 e. The average Bonchev–Trinajstić information content (AvgIpc) is 3.83. The molecule has 65 heavy (non-hydrogen) atoms. The van der Waals surface area contributed by atoms with Crippen LogP contribution in [0, 0.1) is 11.8 Å². The molecule has 22 heteroatoms. The van der Waals surface area contributed by atoms with Crippen molar-refractivity contribution in [2.75, 3.05) is 31.9 Å². The van der Waals surface area contributed by atoms with Crippen molar-refractivity contribution >= 4 is 65.1 Å². The van der Waals surface area contributed by atoms with Crippen LogP contribution in [-0.4, -0.2) is 126 Å². The number of unbranched alkanes of at least 4 members (excludes halogenated alkanes) is 3. The molecule has 1 aromatic rings. The molecule has 0 bridgehead atoms. The number of nitrogens with two attached hydrogens (primary N) is 2. The third-order valence-electron chi connectivity index (χ3n) is 11.0. The smallest absolute Gasteiger partial charge is 0.315 e. The highest BCUT2D eigenvalue weighted by Gasteiger charge is 2.42. The fraction of sp³-hybridized carbons (Fsp3) is 0.651. The number of rotatable bonds is 31. The van der Waals surface area contributed by atoms with Crippen molar-refractivity contribution in [3.63, 3.8) is 0 Å².